The van der Waals surface area contributed by atoms with Crippen LogP contribution < -0.4 is 0 Å². The molecule has 0 aromatic heterocycles. The van der Waals surface area contributed by atoms with E-state index in [1.54, 1.807) is 12.1 Å². The van der Waals surface area contributed by atoms with Crippen molar-refractivity contribution < 1.29 is 18.7 Å². The van der Waals surface area contributed by atoms with Gasteiger partial charge in [-0.25, -0.2) is 13.6 Å². The third-order valence-corrected chi connectivity index (χ3v) is 2.61. The number of carboxylic acid groups (broad SMARTS) is 1. The Morgan fingerprint density at radius 3 is 2.17 bits per heavy atom. The quantitative estimate of drug-likeness (QED) is 0.901. The van der Waals surface area contributed by atoms with Crippen molar-refractivity contribution in [3.05, 3.63) is 59.9 Å². The number of aliphatic carboxylic acids is 1. The SMILES string of the molecule is O=C(O)C(F)c1ccccc1-c1ccccc1F. The number of alkyl halides is 1. The van der Waals surface area contributed by atoms with E-state index < -0.39 is 18.0 Å². The molecule has 0 heterocycles. The van der Waals surface area contributed by atoms with Crippen LogP contribution >= 0.6 is 0 Å². The number of rotatable bonds is 3. The number of hydrogen-bond donors (Lipinski definition) is 1. The molecule has 92 valence electrons. The summed E-state index contributed by atoms with van der Waals surface area (Å²) < 4.78 is 27.3. The van der Waals surface area contributed by atoms with E-state index in [0.717, 1.165) is 0 Å². The zero-order valence-electron chi connectivity index (χ0n) is 9.31. The number of benzene rings is 2. The number of halogens is 2. The number of carboxylic acids is 1. The average Bonchev–Trinajstić information content (AvgIpc) is 2.38. The lowest BCUT2D eigenvalue weighted by Crippen LogP contribution is -2.07. The molecule has 0 aliphatic heterocycles. The Labute approximate surface area is 103 Å². The molecule has 0 spiro atoms. The minimum atomic E-state index is -2.17. The van der Waals surface area contributed by atoms with Gasteiger partial charge in [0.15, 0.2) is 0 Å². The van der Waals surface area contributed by atoms with Crippen molar-refractivity contribution in [2.45, 2.75) is 6.17 Å². The minimum Gasteiger partial charge on any atom is -0.479 e. The normalized spacial score (nSPS) is 12.1. The maximum atomic E-state index is 13.6. The number of hydrogen-bond acceptors (Lipinski definition) is 1. The molecule has 0 aliphatic rings. The van der Waals surface area contributed by atoms with Crippen molar-refractivity contribution >= 4 is 5.97 Å². The third kappa shape index (κ3) is 2.22. The van der Waals surface area contributed by atoms with E-state index in [4.69, 9.17) is 5.11 Å². The van der Waals surface area contributed by atoms with E-state index in [-0.39, 0.29) is 16.7 Å². The van der Waals surface area contributed by atoms with Crippen LogP contribution in [0.3, 0.4) is 0 Å². The van der Waals surface area contributed by atoms with Gasteiger partial charge in [0.25, 0.3) is 0 Å². The molecule has 0 aliphatic carbocycles. The Balaban J connectivity index is 2.59. The van der Waals surface area contributed by atoms with Crippen LogP contribution in [0.15, 0.2) is 48.5 Å². The maximum absolute atomic E-state index is 13.6. The van der Waals surface area contributed by atoms with Crippen LogP contribution in [0.5, 0.6) is 0 Å². The highest BCUT2D eigenvalue weighted by Crippen LogP contribution is 2.31. The van der Waals surface area contributed by atoms with Crippen LogP contribution in [-0.2, 0) is 4.79 Å². The minimum absolute atomic E-state index is 0.0462. The van der Waals surface area contributed by atoms with E-state index >= 15 is 0 Å². The van der Waals surface area contributed by atoms with E-state index in [0.29, 0.717) is 0 Å². The molecule has 18 heavy (non-hydrogen) atoms. The van der Waals surface area contributed by atoms with Crippen molar-refractivity contribution in [3.8, 4) is 11.1 Å². The zero-order chi connectivity index (χ0) is 13.1. The van der Waals surface area contributed by atoms with Gasteiger partial charge in [0.05, 0.1) is 0 Å². The van der Waals surface area contributed by atoms with E-state index in [9.17, 15) is 13.6 Å². The highest BCUT2D eigenvalue weighted by molar-refractivity contribution is 5.79. The molecule has 0 saturated carbocycles. The predicted octanol–water partition coefficient (Wildman–Crippen LogP) is 3.59. The van der Waals surface area contributed by atoms with Crippen molar-refractivity contribution in [1.29, 1.82) is 0 Å². The second-order valence-corrected chi connectivity index (χ2v) is 3.77. The fourth-order valence-corrected chi connectivity index (χ4v) is 1.78. The average molecular weight is 248 g/mol. The monoisotopic (exact) mass is 248 g/mol. The molecule has 2 aromatic rings. The molecule has 1 atom stereocenters. The van der Waals surface area contributed by atoms with Gasteiger partial charge in [0.1, 0.15) is 5.82 Å². The summed E-state index contributed by atoms with van der Waals surface area (Å²) in [5.41, 5.74) is 0.401. The number of carbonyl (C=O) groups is 1. The van der Waals surface area contributed by atoms with Crippen molar-refractivity contribution in [1.82, 2.24) is 0 Å². The van der Waals surface area contributed by atoms with Crippen molar-refractivity contribution in [2.75, 3.05) is 0 Å². The Morgan fingerprint density at radius 2 is 1.56 bits per heavy atom. The van der Waals surface area contributed by atoms with Gasteiger partial charge >= 0.3 is 5.97 Å². The largest absolute Gasteiger partial charge is 0.479 e. The fraction of sp³-hybridized carbons (Fsp3) is 0.0714. The molecule has 1 unspecified atom stereocenters. The van der Waals surface area contributed by atoms with E-state index in [2.05, 4.69) is 0 Å². The van der Waals surface area contributed by atoms with Gasteiger partial charge in [-0.2, -0.15) is 0 Å². The van der Waals surface area contributed by atoms with E-state index in [1.807, 2.05) is 0 Å². The Morgan fingerprint density at radius 1 is 1.00 bits per heavy atom. The van der Waals surface area contributed by atoms with Crippen LogP contribution in [0.2, 0.25) is 0 Å². The molecule has 2 rings (SSSR count). The molecule has 0 radical (unpaired) electrons. The third-order valence-electron chi connectivity index (χ3n) is 2.61. The molecule has 0 fully saturated rings. The first-order chi connectivity index (χ1) is 8.61. The summed E-state index contributed by atoms with van der Waals surface area (Å²) in [4.78, 5) is 10.7. The van der Waals surface area contributed by atoms with Crippen LogP contribution in [0.4, 0.5) is 8.78 Å². The molecule has 2 nitrogen and oxygen atoms in total. The Kier molecular flexibility index (Phi) is 3.37. The smallest absolute Gasteiger partial charge is 0.343 e. The van der Waals surface area contributed by atoms with Gasteiger partial charge in [-0.05, 0) is 11.6 Å². The topological polar surface area (TPSA) is 37.3 Å². The predicted molar refractivity (Wildman–Crippen MR) is 63.3 cm³/mol. The van der Waals surface area contributed by atoms with Crippen LogP contribution in [-0.4, -0.2) is 11.1 Å². The van der Waals surface area contributed by atoms with Gasteiger partial charge in [-0.3, -0.25) is 0 Å². The summed E-state index contributed by atoms with van der Waals surface area (Å²) >= 11 is 0. The van der Waals surface area contributed by atoms with Gasteiger partial charge in [-0.1, -0.05) is 42.5 Å². The van der Waals surface area contributed by atoms with Gasteiger partial charge in [0.2, 0.25) is 6.17 Å². The standard InChI is InChI=1S/C14H10F2O2/c15-12-8-4-3-6-10(12)9-5-1-2-7-11(9)13(16)14(17)18/h1-8,13H,(H,17,18). The first kappa shape index (κ1) is 12.2. The molecule has 0 bridgehead atoms. The summed E-state index contributed by atoms with van der Waals surface area (Å²) in [7, 11) is 0. The van der Waals surface area contributed by atoms with Crippen molar-refractivity contribution in [2.24, 2.45) is 0 Å². The highest BCUT2D eigenvalue weighted by atomic mass is 19.1. The summed E-state index contributed by atoms with van der Waals surface area (Å²) in [6.45, 7) is 0. The lowest BCUT2D eigenvalue weighted by molar-refractivity contribution is -0.143. The Bertz CT molecular complexity index is 582. The van der Waals surface area contributed by atoms with Gasteiger partial charge in [0, 0.05) is 11.1 Å². The lowest BCUT2D eigenvalue weighted by atomic mass is 9.96. The second-order valence-electron chi connectivity index (χ2n) is 3.77. The summed E-state index contributed by atoms with van der Waals surface area (Å²) in [5.74, 6) is -2.10. The lowest BCUT2D eigenvalue weighted by Gasteiger charge is -2.11. The van der Waals surface area contributed by atoms with E-state index in [1.165, 1.54) is 36.4 Å². The van der Waals surface area contributed by atoms with Gasteiger partial charge in [-0.15, -0.1) is 0 Å². The summed E-state index contributed by atoms with van der Waals surface area (Å²) in [5, 5.41) is 8.71. The molecule has 1 N–H and O–H groups in total. The molecule has 0 saturated heterocycles. The molecule has 0 amide bonds. The van der Waals surface area contributed by atoms with Crippen LogP contribution in [0.1, 0.15) is 11.7 Å². The van der Waals surface area contributed by atoms with Crippen LogP contribution in [0.25, 0.3) is 11.1 Å². The highest BCUT2D eigenvalue weighted by Gasteiger charge is 2.22. The van der Waals surface area contributed by atoms with Crippen LogP contribution in [0, 0.1) is 5.82 Å². The zero-order valence-corrected chi connectivity index (χ0v) is 9.31. The van der Waals surface area contributed by atoms with Crippen molar-refractivity contribution in [3.63, 3.8) is 0 Å². The maximum Gasteiger partial charge on any atom is 0.343 e. The first-order valence-corrected chi connectivity index (χ1v) is 5.32. The summed E-state index contributed by atoms with van der Waals surface area (Å²) in [6, 6.07) is 11.9. The molecular weight excluding hydrogens is 238 g/mol. The molecular formula is C14H10F2O2. The first-order valence-electron chi connectivity index (χ1n) is 5.32. The van der Waals surface area contributed by atoms with Gasteiger partial charge < -0.3 is 5.11 Å². The summed E-state index contributed by atoms with van der Waals surface area (Å²) in [6.07, 6.45) is -2.17. The molecule has 2 aromatic carbocycles. The molecule has 4 heteroatoms. The Hall–Kier alpha value is -2.23. The second kappa shape index (κ2) is 4.96. The fourth-order valence-electron chi connectivity index (χ4n) is 1.78.